The van der Waals surface area contributed by atoms with Crippen LogP contribution in [0.2, 0.25) is 5.02 Å². The second-order valence-corrected chi connectivity index (χ2v) is 4.89. The summed E-state index contributed by atoms with van der Waals surface area (Å²) in [6, 6.07) is 9.11. The number of hydrogen-bond acceptors (Lipinski definition) is 1. The van der Waals surface area contributed by atoms with E-state index in [1.165, 1.54) is 5.56 Å². The van der Waals surface area contributed by atoms with Crippen molar-refractivity contribution in [2.24, 2.45) is 0 Å². The van der Waals surface area contributed by atoms with E-state index in [9.17, 15) is 0 Å². The van der Waals surface area contributed by atoms with Gasteiger partial charge in [-0.05, 0) is 30.5 Å². The van der Waals surface area contributed by atoms with Gasteiger partial charge in [0, 0.05) is 17.1 Å². The molecule has 1 rings (SSSR count). The molecule has 0 aliphatic rings. The zero-order valence-electron chi connectivity index (χ0n) is 9.92. The molecule has 1 aromatic rings. The lowest BCUT2D eigenvalue weighted by atomic mass is 9.94. The van der Waals surface area contributed by atoms with E-state index >= 15 is 0 Å². The van der Waals surface area contributed by atoms with Gasteiger partial charge in [0.1, 0.15) is 0 Å². The molecule has 84 valence electrons. The number of hydrogen-bond donors (Lipinski definition) is 1. The fourth-order valence-corrected chi connectivity index (χ4v) is 1.85. The smallest absolute Gasteiger partial charge is 0.0406 e. The first-order chi connectivity index (χ1) is 7.00. The Morgan fingerprint density at radius 1 is 1.00 bits per heavy atom. The van der Waals surface area contributed by atoms with E-state index in [2.05, 4.69) is 45.1 Å². The topological polar surface area (TPSA) is 12.0 Å². The van der Waals surface area contributed by atoms with Crippen molar-refractivity contribution in [2.75, 3.05) is 0 Å². The zero-order valence-corrected chi connectivity index (χ0v) is 10.7. The fourth-order valence-electron chi connectivity index (χ4n) is 1.73. The second kappa shape index (κ2) is 5.53. The van der Waals surface area contributed by atoms with Gasteiger partial charge >= 0.3 is 0 Å². The van der Waals surface area contributed by atoms with E-state index in [-0.39, 0.29) is 0 Å². The summed E-state index contributed by atoms with van der Waals surface area (Å²) < 4.78 is 0. The van der Waals surface area contributed by atoms with Crippen LogP contribution in [0.5, 0.6) is 0 Å². The SMILES string of the molecule is CC(C)NC(C)C(C)c1ccc(Cl)cc1. The molecule has 0 radical (unpaired) electrons. The van der Waals surface area contributed by atoms with Gasteiger partial charge in [0.15, 0.2) is 0 Å². The molecule has 0 fully saturated rings. The average Bonchev–Trinajstić information content (AvgIpc) is 2.17. The number of benzene rings is 1. The van der Waals surface area contributed by atoms with Gasteiger partial charge < -0.3 is 5.32 Å². The summed E-state index contributed by atoms with van der Waals surface area (Å²) >= 11 is 5.86. The molecule has 2 atom stereocenters. The molecule has 1 aromatic carbocycles. The molecular formula is C13H20ClN. The minimum atomic E-state index is 0.478. The molecule has 0 saturated heterocycles. The highest BCUT2D eigenvalue weighted by molar-refractivity contribution is 6.30. The average molecular weight is 226 g/mol. The Hall–Kier alpha value is -0.530. The molecule has 15 heavy (non-hydrogen) atoms. The summed E-state index contributed by atoms with van der Waals surface area (Å²) in [5, 5.41) is 4.32. The zero-order chi connectivity index (χ0) is 11.4. The van der Waals surface area contributed by atoms with Crippen LogP contribution in [0.15, 0.2) is 24.3 Å². The van der Waals surface area contributed by atoms with E-state index < -0.39 is 0 Å². The molecule has 0 amide bonds. The summed E-state index contributed by atoms with van der Waals surface area (Å²) in [6.07, 6.45) is 0. The number of nitrogens with one attached hydrogen (secondary N) is 1. The lowest BCUT2D eigenvalue weighted by Crippen LogP contribution is -2.36. The monoisotopic (exact) mass is 225 g/mol. The Morgan fingerprint density at radius 3 is 2.00 bits per heavy atom. The predicted molar refractivity (Wildman–Crippen MR) is 67.6 cm³/mol. The van der Waals surface area contributed by atoms with E-state index in [0.717, 1.165) is 5.02 Å². The Balaban J connectivity index is 2.67. The largest absolute Gasteiger partial charge is 0.311 e. The molecule has 1 nitrogen and oxygen atoms in total. The molecule has 0 aliphatic heterocycles. The van der Waals surface area contributed by atoms with Crippen LogP contribution in [0.25, 0.3) is 0 Å². The van der Waals surface area contributed by atoms with Crippen LogP contribution in [0.3, 0.4) is 0 Å². The molecule has 1 N–H and O–H groups in total. The van der Waals surface area contributed by atoms with Crippen LogP contribution in [0.1, 0.15) is 39.2 Å². The summed E-state index contributed by atoms with van der Waals surface area (Å²) in [4.78, 5) is 0. The van der Waals surface area contributed by atoms with Crippen molar-refractivity contribution < 1.29 is 0 Å². The molecular weight excluding hydrogens is 206 g/mol. The van der Waals surface area contributed by atoms with E-state index in [0.29, 0.717) is 18.0 Å². The molecule has 0 saturated carbocycles. The third-order valence-corrected chi connectivity index (χ3v) is 2.99. The van der Waals surface area contributed by atoms with Crippen LogP contribution in [0.4, 0.5) is 0 Å². The predicted octanol–water partition coefficient (Wildman–Crippen LogP) is 3.83. The van der Waals surface area contributed by atoms with Crippen LogP contribution < -0.4 is 5.32 Å². The molecule has 0 bridgehead atoms. The molecule has 0 aliphatic carbocycles. The van der Waals surface area contributed by atoms with Crippen LogP contribution in [0, 0.1) is 0 Å². The molecule has 0 aromatic heterocycles. The minimum absolute atomic E-state index is 0.478. The van der Waals surface area contributed by atoms with Crippen LogP contribution in [-0.2, 0) is 0 Å². The van der Waals surface area contributed by atoms with Crippen molar-refractivity contribution >= 4 is 11.6 Å². The maximum absolute atomic E-state index is 5.86. The lowest BCUT2D eigenvalue weighted by molar-refractivity contribution is 0.439. The van der Waals surface area contributed by atoms with Gasteiger partial charge in [-0.3, -0.25) is 0 Å². The summed E-state index contributed by atoms with van der Waals surface area (Å²) in [5.41, 5.74) is 1.33. The van der Waals surface area contributed by atoms with Crippen LogP contribution >= 0.6 is 11.6 Å². The first-order valence-corrected chi connectivity index (χ1v) is 5.90. The van der Waals surface area contributed by atoms with Gasteiger partial charge in [-0.25, -0.2) is 0 Å². The van der Waals surface area contributed by atoms with Crippen molar-refractivity contribution in [3.63, 3.8) is 0 Å². The van der Waals surface area contributed by atoms with Crippen molar-refractivity contribution in [2.45, 2.75) is 45.7 Å². The van der Waals surface area contributed by atoms with Gasteiger partial charge in [0.25, 0.3) is 0 Å². The van der Waals surface area contributed by atoms with Crippen molar-refractivity contribution in [1.82, 2.24) is 5.32 Å². The van der Waals surface area contributed by atoms with E-state index in [1.54, 1.807) is 0 Å². The summed E-state index contributed by atoms with van der Waals surface area (Å²) in [7, 11) is 0. The van der Waals surface area contributed by atoms with Crippen molar-refractivity contribution in [3.8, 4) is 0 Å². The number of halogens is 1. The van der Waals surface area contributed by atoms with Crippen LogP contribution in [-0.4, -0.2) is 12.1 Å². The van der Waals surface area contributed by atoms with Gasteiger partial charge in [0.05, 0.1) is 0 Å². The molecule has 0 heterocycles. The molecule has 2 heteroatoms. The highest BCUT2D eigenvalue weighted by Crippen LogP contribution is 2.21. The van der Waals surface area contributed by atoms with Crippen molar-refractivity contribution in [3.05, 3.63) is 34.9 Å². The Morgan fingerprint density at radius 2 is 1.53 bits per heavy atom. The van der Waals surface area contributed by atoms with E-state index in [1.807, 2.05) is 12.1 Å². The maximum Gasteiger partial charge on any atom is 0.0406 e. The first kappa shape index (κ1) is 12.5. The standard InChI is InChI=1S/C13H20ClN/c1-9(2)15-11(4)10(3)12-5-7-13(14)8-6-12/h5-11,15H,1-4H3. The number of rotatable bonds is 4. The normalized spacial score (nSPS) is 15.3. The van der Waals surface area contributed by atoms with Gasteiger partial charge in [-0.15, -0.1) is 0 Å². The Kier molecular flexibility index (Phi) is 4.62. The molecule has 0 spiro atoms. The highest BCUT2D eigenvalue weighted by Gasteiger charge is 2.14. The fraction of sp³-hybridized carbons (Fsp3) is 0.538. The third-order valence-electron chi connectivity index (χ3n) is 2.74. The summed E-state index contributed by atoms with van der Waals surface area (Å²) in [5.74, 6) is 0.504. The maximum atomic E-state index is 5.86. The minimum Gasteiger partial charge on any atom is -0.311 e. The Labute approximate surface area is 97.8 Å². The first-order valence-electron chi connectivity index (χ1n) is 5.52. The quantitative estimate of drug-likeness (QED) is 0.822. The van der Waals surface area contributed by atoms with Gasteiger partial charge in [-0.2, -0.15) is 0 Å². The van der Waals surface area contributed by atoms with Gasteiger partial charge in [0.2, 0.25) is 0 Å². The van der Waals surface area contributed by atoms with Crippen molar-refractivity contribution in [1.29, 1.82) is 0 Å². The van der Waals surface area contributed by atoms with E-state index in [4.69, 9.17) is 11.6 Å². The Bertz CT molecular complexity index is 292. The highest BCUT2D eigenvalue weighted by atomic mass is 35.5. The lowest BCUT2D eigenvalue weighted by Gasteiger charge is -2.24. The summed E-state index contributed by atoms with van der Waals surface area (Å²) in [6.45, 7) is 8.80. The van der Waals surface area contributed by atoms with Gasteiger partial charge in [-0.1, -0.05) is 44.5 Å². The molecule has 2 unspecified atom stereocenters. The second-order valence-electron chi connectivity index (χ2n) is 4.45. The third kappa shape index (κ3) is 3.84.